The predicted octanol–water partition coefficient (Wildman–Crippen LogP) is 7.56. The first-order chi connectivity index (χ1) is 32.8. The molecule has 2 rings (SSSR count). The van der Waals surface area contributed by atoms with Crippen molar-refractivity contribution < 1.29 is 66.9 Å². The predicted molar refractivity (Wildman–Crippen MR) is 266 cm³/mol. The average Bonchev–Trinajstić information content (AvgIpc) is 3.33. The zero-order valence-electron chi connectivity index (χ0n) is 44.2. The number of ketones is 1. The molecule has 2 heterocycles. The summed E-state index contributed by atoms with van der Waals surface area (Å²) in [5, 5.41) is 11.6. The highest BCUT2D eigenvalue weighted by molar-refractivity contribution is 5.84. The Kier molecular flexibility index (Phi) is 28.6. The quantitative estimate of drug-likeness (QED) is 0.0763. The van der Waals surface area contributed by atoms with Crippen LogP contribution in [0.2, 0.25) is 0 Å². The van der Waals surface area contributed by atoms with Crippen molar-refractivity contribution in [1.82, 2.24) is 4.90 Å². The summed E-state index contributed by atoms with van der Waals surface area (Å²) in [4.78, 5) is 52.5. The van der Waals surface area contributed by atoms with E-state index in [1.165, 1.54) is 17.1 Å². The highest BCUT2D eigenvalue weighted by Crippen LogP contribution is 2.33. The van der Waals surface area contributed by atoms with Crippen molar-refractivity contribution in [2.75, 3.05) is 56.8 Å². The molecule has 0 saturated heterocycles. The zero-order chi connectivity index (χ0) is 51.8. The van der Waals surface area contributed by atoms with Gasteiger partial charge in [-0.3, -0.25) is 9.59 Å². The lowest BCUT2D eigenvalue weighted by atomic mass is 9.81. The Morgan fingerprint density at radius 2 is 1.45 bits per heavy atom. The number of amides is 1. The third kappa shape index (κ3) is 20.1. The molecule has 0 saturated carbocycles. The van der Waals surface area contributed by atoms with Crippen molar-refractivity contribution in [3.63, 3.8) is 0 Å². The Bertz CT molecular complexity index is 1740. The van der Waals surface area contributed by atoms with Crippen molar-refractivity contribution in [2.45, 2.75) is 154 Å². The van der Waals surface area contributed by atoms with Crippen LogP contribution in [0.1, 0.15) is 93.4 Å². The number of ether oxygens (including phenoxy) is 9. The lowest BCUT2D eigenvalue weighted by Gasteiger charge is -2.37. The summed E-state index contributed by atoms with van der Waals surface area (Å²) in [6.07, 6.45) is 16.4. The normalized spacial score (nSPS) is 31.8. The van der Waals surface area contributed by atoms with Crippen LogP contribution in [0.3, 0.4) is 0 Å². The lowest BCUT2D eigenvalue weighted by Crippen LogP contribution is -2.46. The molecule has 1 amide bonds. The fourth-order valence-electron chi connectivity index (χ4n) is 9.42. The van der Waals surface area contributed by atoms with Crippen LogP contribution >= 0.6 is 0 Å². The summed E-state index contributed by atoms with van der Waals surface area (Å²) < 4.78 is 53.5. The second-order valence-corrected chi connectivity index (χ2v) is 19.0. The van der Waals surface area contributed by atoms with Crippen LogP contribution in [-0.4, -0.2) is 152 Å². The Morgan fingerprint density at radius 3 is 2.01 bits per heavy atom. The van der Waals surface area contributed by atoms with E-state index in [-0.39, 0.29) is 84.3 Å². The molecule has 0 aromatic heterocycles. The van der Waals surface area contributed by atoms with Gasteiger partial charge in [-0.1, -0.05) is 89.6 Å². The smallest absolute Gasteiger partial charge is 0.331 e. The number of methoxy groups -OCH3 is 7. The molecule has 0 fully saturated rings. The van der Waals surface area contributed by atoms with Crippen LogP contribution in [-0.2, 0) is 61.8 Å². The van der Waals surface area contributed by atoms with E-state index in [0.29, 0.717) is 50.5 Å². The number of aliphatic hydroxyl groups excluding tert-OH is 1. The molecule has 392 valence electrons. The number of allylic oxidation sites excluding steroid dienone is 2. The average molecular weight is 974 g/mol. The number of nitrogens with zero attached hydrogens (tertiary/aromatic N) is 1. The molecule has 2 aliphatic rings. The Morgan fingerprint density at radius 1 is 0.826 bits per heavy atom. The molecule has 3 unspecified atom stereocenters. The van der Waals surface area contributed by atoms with E-state index >= 15 is 0 Å². The van der Waals surface area contributed by atoms with Gasteiger partial charge in [0.05, 0.1) is 42.7 Å². The molecule has 0 aromatic carbocycles. The molecule has 0 spiro atoms. The van der Waals surface area contributed by atoms with Gasteiger partial charge in [0.1, 0.15) is 24.1 Å². The number of hydrogen-bond acceptors (Lipinski definition) is 14. The molecule has 1 N–H and O–H groups in total. The number of hydrogen-bond donors (Lipinski definition) is 1. The van der Waals surface area contributed by atoms with Gasteiger partial charge in [0.25, 0.3) is 0 Å². The number of esters is 2. The van der Waals surface area contributed by atoms with E-state index in [2.05, 4.69) is 13.0 Å². The molecule has 2 bridgehead atoms. The largest absolute Gasteiger partial charge is 0.458 e. The molecule has 0 aliphatic carbocycles. The molecular formula is C54H87NO14. The molecule has 15 nitrogen and oxygen atoms in total. The van der Waals surface area contributed by atoms with Crippen molar-refractivity contribution in [2.24, 2.45) is 35.5 Å². The van der Waals surface area contributed by atoms with E-state index in [4.69, 9.17) is 42.6 Å². The highest BCUT2D eigenvalue weighted by atomic mass is 16.6. The monoisotopic (exact) mass is 974 g/mol. The second kappa shape index (κ2) is 32.2. The summed E-state index contributed by atoms with van der Waals surface area (Å²) in [5.41, 5.74) is 1.41. The Balaban J connectivity index is 2.52. The first kappa shape index (κ1) is 61.3. The first-order valence-corrected chi connectivity index (χ1v) is 24.4. The first-order valence-electron chi connectivity index (χ1n) is 24.4. The van der Waals surface area contributed by atoms with Gasteiger partial charge < -0.3 is 52.6 Å². The molecule has 0 radical (unpaired) electrons. The number of Topliss-reactive ketones (excluding diaryl/α,β-unsaturated/α-hetero) is 1. The maximum absolute atomic E-state index is 13.7. The molecule has 0 aromatic rings. The minimum Gasteiger partial charge on any atom is -0.458 e. The standard InChI is InChI=1S/C54H87NO14/c1-34-18-16-20-49(58)68-53(40(7)52(67-15)36(3)23-26-45(57)38(5)46(64-12)19-17-27-55(8)33-56)37(4)22-25-42(61-9)31-47(65-13)35(2)21-24-43(62-10)32-48(66-14)39(6)54-51(60)41(30-50(59)69-54)29-44(28-34)63-11/h16-18,20-22,24-25,27,30,33,35-40,42-44,46-48,51-54,60H,19,23,26,28-29,31-32H2,1-15H3/b20-16-,24-21?,25-22?,27-17+,34-18+/t35-,36-,37-,38-,39+,40-,42?,43-,44-,46+,47?,48?,51-,52-,53-,54-/m0/s1. The minimum absolute atomic E-state index is 0.0553. The SMILES string of the molecule is COC1C=C[C@H](C)[C@@H]([C@@H](C)[C@@H](OC)[C@@H](C)CCC(=O)[C@H](C)[C@@H](C/C=C/N(C)C=O)OC)OC(=O)/C=C\C=C(/C)C[C@H](OC)CC2=CC(=O)O[C@@H]([C@H](C)C(OC)C[C@@H](OC)C=C[C@H](C)C(OC)C1)[C@H]2O. The van der Waals surface area contributed by atoms with Gasteiger partial charge in [-0.25, -0.2) is 9.59 Å². The van der Waals surface area contributed by atoms with Crippen LogP contribution in [0.5, 0.6) is 0 Å². The topological polar surface area (TPSA) is 175 Å². The molecule has 15 heteroatoms. The van der Waals surface area contributed by atoms with Gasteiger partial charge in [0, 0.05) is 124 Å². The number of rotatable bonds is 19. The lowest BCUT2D eigenvalue weighted by molar-refractivity contribution is -0.160. The van der Waals surface area contributed by atoms with Crippen molar-refractivity contribution in [1.29, 1.82) is 0 Å². The van der Waals surface area contributed by atoms with Crippen molar-refractivity contribution >= 4 is 24.1 Å². The fourth-order valence-corrected chi connectivity index (χ4v) is 9.42. The van der Waals surface area contributed by atoms with Crippen LogP contribution in [0.25, 0.3) is 0 Å². The molecule has 69 heavy (non-hydrogen) atoms. The molecule has 16 atom stereocenters. The van der Waals surface area contributed by atoms with E-state index < -0.39 is 36.4 Å². The summed E-state index contributed by atoms with van der Waals surface area (Å²) in [7, 11) is 13.0. The molecular weight excluding hydrogens is 887 g/mol. The van der Waals surface area contributed by atoms with Gasteiger partial charge in [-0.05, 0) is 44.1 Å². The number of fused-ring (bicyclic) bond motifs is 2. The van der Waals surface area contributed by atoms with Crippen LogP contribution in [0.4, 0.5) is 0 Å². The third-order valence-corrected chi connectivity index (χ3v) is 14.0. The summed E-state index contributed by atoms with van der Waals surface area (Å²) in [5.74, 6) is -2.51. The third-order valence-electron chi connectivity index (χ3n) is 14.0. The van der Waals surface area contributed by atoms with E-state index in [1.54, 1.807) is 69.1 Å². The number of cyclic esters (lactones) is 1. The zero-order valence-corrected chi connectivity index (χ0v) is 44.2. The van der Waals surface area contributed by atoms with E-state index in [0.717, 1.165) is 5.57 Å². The number of carbonyl (C=O) groups excluding carboxylic acids is 4. The maximum atomic E-state index is 13.7. The van der Waals surface area contributed by atoms with Crippen molar-refractivity contribution in [3.05, 3.63) is 72.0 Å². The Hall–Kier alpha value is -3.80. The van der Waals surface area contributed by atoms with E-state index in [1.807, 2.05) is 71.9 Å². The van der Waals surface area contributed by atoms with Crippen LogP contribution in [0.15, 0.2) is 72.0 Å². The van der Waals surface area contributed by atoms with E-state index in [9.17, 15) is 24.3 Å². The summed E-state index contributed by atoms with van der Waals surface area (Å²) in [6.45, 7) is 13.8. The Labute approximate surface area is 413 Å². The second-order valence-electron chi connectivity index (χ2n) is 19.0. The van der Waals surface area contributed by atoms with Gasteiger partial charge in [0.15, 0.2) is 0 Å². The van der Waals surface area contributed by atoms with Gasteiger partial charge in [-0.2, -0.15) is 0 Å². The fraction of sp³-hybridized carbons (Fsp3) is 0.704. The van der Waals surface area contributed by atoms with Gasteiger partial charge >= 0.3 is 11.9 Å². The van der Waals surface area contributed by atoms with Crippen LogP contribution < -0.4 is 0 Å². The maximum Gasteiger partial charge on any atom is 0.331 e. The summed E-state index contributed by atoms with van der Waals surface area (Å²) >= 11 is 0. The van der Waals surface area contributed by atoms with Gasteiger partial charge in [-0.15, -0.1) is 0 Å². The van der Waals surface area contributed by atoms with Crippen molar-refractivity contribution in [3.8, 4) is 0 Å². The highest BCUT2D eigenvalue weighted by Gasteiger charge is 2.40. The summed E-state index contributed by atoms with van der Waals surface area (Å²) in [6, 6.07) is 0. The minimum atomic E-state index is -1.08. The molecule has 2 aliphatic heterocycles. The number of carbonyl (C=O) groups is 4. The van der Waals surface area contributed by atoms with Gasteiger partial charge in [0.2, 0.25) is 6.41 Å². The number of aliphatic hydroxyl groups is 1. The van der Waals surface area contributed by atoms with Crippen LogP contribution in [0, 0.1) is 35.5 Å².